The molecule has 1 fully saturated rings. The Hall–Kier alpha value is -3.18. The van der Waals surface area contributed by atoms with Crippen molar-refractivity contribution in [2.45, 2.75) is 37.6 Å². The zero-order chi connectivity index (χ0) is 22.2. The van der Waals surface area contributed by atoms with E-state index in [9.17, 15) is 17.6 Å². The van der Waals surface area contributed by atoms with Crippen molar-refractivity contribution in [1.82, 2.24) is 24.5 Å². The van der Waals surface area contributed by atoms with Gasteiger partial charge >= 0.3 is 0 Å². The molecule has 4 rings (SSSR count). The number of benzene rings is 2. The van der Waals surface area contributed by atoms with Crippen LogP contribution in [0.5, 0.6) is 0 Å². The highest BCUT2D eigenvalue weighted by Gasteiger charge is 2.39. The third-order valence-corrected chi connectivity index (χ3v) is 7.12. The van der Waals surface area contributed by atoms with E-state index in [1.807, 2.05) is 6.92 Å². The van der Waals surface area contributed by atoms with Gasteiger partial charge in [-0.3, -0.25) is 4.79 Å². The lowest BCUT2D eigenvalue weighted by Crippen LogP contribution is -2.43. The molecule has 0 unspecified atom stereocenters. The number of carbonyl (C=O) groups is 1. The van der Waals surface area contributed by atoms with E-state index in [1.54, 1.807) is 31.2 Å². The molecule has 162 valence electrons. The number of anilines is 1. The number of halogens is 1. The van der Waals surface area contributed by atoms with Gasteiger partial charge < -0.3 is 5.32 Å². The lowest BCUT2D eigenvalue weighted by Gasteiger charge is -2.23. The monoisotopic (exact) mass is 444 g/mol. The fourth-order valence-corrected chi connectivity index (χ4v) is 5.22. The Morgan fingerprint density at radius 2 is 1.90 bits per heavy atom. The highest BCUT2D eigenvalue weighted by molar-refractivity contribution is 7.89. The molecule has 11 heteroatoms. The standard InChI is InChI=1S/C20H21FN6O3S/c1-13-5-8-16(9-6-13)31(29,30)26-11-3-4-18(26)20(28)22-15-7-10-17(21)19(12-15)27-14(2)23-24-25-27/h5-10,12,18H,3-4,11H2,1-2H3,(H,22,28)/t18-/m0/s1. The molecule has 9 nitrogen and oxygen atoms in total. The van der Waals surface area contributed by atoms with E-state index in [-0.39, 0.29) is 17.1 Å². The Balaban J connectivity index is 1.57. The number of hydrogen-bond donors (Lipinski definition) is 1. The Labute approximate surface area is 178 Å². The molecule has 1 atom stereocenters. The van der Waals surface area contributed by atoms with Crippen LogP contribution >= 0.6 is 0 Å². The van der Waals surface area contributed by atoms with E-state index in [4.69, 9.17) is 0 Å². The Morgan fingerprint density at radius 3 is 2.58 bits per heavy atom. The molecule has 2 heterocycles. The molecule has 0 radical (unpaired) electrons. The van der Waals surface area contributed by atoms with Crippen LogP contribution in [-0.2, 0) is 14.8 Å². The Morgan fingerprint density at radius 1 is 1.16 bits per heavy atom. The average molecular weight is 444 g/mol. The van der Waals surface area contributed by atoms with E-state index in [0.29, 0.717) is 24.4 Å². The summed E-state index contributed by atoms with van der Waals surface area (Å²) in [7, 11) is -3.82. The molecule has 0 saturated carbocycles. The van der Waals surface area contributed by atoms with Crippen molar-refractivity contribution in [3.63, 3.8) is 0 Å². The summed E-state index contributed by atoms with van der Waals surface area (Å²) in [5.41, 5.74) is 1.34. The predicted molar refractivity (Wildman–Crippen MR) is 111 cm³/mol. The van der Waals surface area contributed by atoms with Gasteiger partial charge in [0.2, 0.25) is 15.9 Å². The zero-order valence-corrected chi connectivity index (χ0v) is 17.8. The van der Waals surface area contributed by atoms with Crippen LogP contribution in [0.25, 0.3) is 5.69 Å². The van der Waals surface area contributed by atoms with Gasteiger partial charge in [-0.05, 0) is 67.4 Å². The van der Waals surface area contributed by atoms with Crippen molar-refractivity contribution in [3.05, 3.63) is 59.7 Å². The van der Waals surface area contributed by atoms with Gasteiger partial charge in [0.25, 0.3) is 0 Å². The van der Waals surface area contributed by atoms with Crippen LogP contribution in [0.4, 0.5) is 10.1 Å². The number of sulfonamides is 1. The van der Waals surface area contributed by atoms with E-state index in [1.165, 1.54) is 27.2 Å². The molecule has 1 saturated heterocycles. The average Bonchev–Trinajstić information content (AvgIpc) is 3.39. The number of nitrogens with zero attached hydrogens (tertiary/aromatic N) is 5. The summed E-state index contributed by atoms with van der Waals surface area (Å²) >= 11 is 0. The quantitative estimate of drug-likeness (QED) is 0.646. The number of carbonyl (C=O) groups excluding carboxylic acids is 1. The molecule has 2 aromatic carbocycles. The number of aryl methyl sites for hydroxylation is 2. The maximum absolute atomic E-state index is 14.3. The number of amides is 1. The summed E-state index contributed by atoms with van der Waals surface area (Å²) in [5, 5.41) is 13.7. The minimum absolute atomic E-state index is 0.0795. The molecule has 1 aliphatic heterocycles. The van der Waals surface area contributed by atoms with Gasteiger partial charge in [-0.2, -0.15) is 8.99 Å². The summed E-state index contributed by atoms with van der Waals surface area (Å²) in [4.78, 5) is 13.1. The lowest BCUT2D eigenvalue weighted by atomic mass is 10.2. The van der Waals surface area contributed by atoms with Crippen LogP contribution in [0.2, 0.25) is 0 Å². The second kappa shape index (κ2) is 8.16. The van der Waals surface area contributed by atoms with Gasteiger partial charge in [0.05, 0.1) is 4.90 Å². The third kappa shape index (κ3) is 4.06. The summed E-state index contributed by atoms with van der Waals surface area (Å²) in [6.45, 7) is 3.75. The lowest BCUT2D eigenvalue weighted by molar-refractivity contribution is -0.119. The molecular formula is C20H21FN6O3S. The third-order valence-electron chi connectivity index (χ3n) is 5.20. The minimum Gasteiger partial charge on any atom is -0.325 e. The fraction of sp³-hybridized carbons (Fsp3) is 0.300. The second-order valence-electron chi connectivity index (χ2n) is 7.38. The van der Waals surface area contributed by atoms with Crippen LogP contribution in [0, 0.1) is 19.7 Å². The topological polar surface area (TPSA) is 110 Å². The first-order chi connectivity index (χ1) is 14.8. The van der Waals surface area contributed by atoms with Gasteiger partial charge in [0.15, 0.2) is 5.82 Å². The SMILES string of the molecule is Cc1ccc(S(=O)(=O)N2CCC[C@H]2C(=O)Nc2ccc(F)c(-n3nnnc3C)c2)cc1. The van der Waals surface area contributed by atoms with Crippen molar-refractivity contribution in [2.75, 3.05) is 11.9 Å². The van der Waals surface area contributed by atoms with Crippen LogP contribution in [0.3, 0.4) is 0 Å². The minimum atomic E-state index is -3.82. The van der Waals surface area contributed by atoms with Crippen LogP contribution in [-0.4, -0.2) is 51.4 Å². The van der Waals surface area contributed by atoms with Crippen molar-refractivity contribution >= 4 is 21.6 Å². The number of tetrazole rings is 1. The normalized spacial score (nSPS) is 17.1. The summed E-state index contributed by atoms with van der Waals surface area (Å²) in [6.07, 6.45) is 0.971. The molecule has 3 aromatic rings. The summed E-state index contributed by atoms with van der Waals surface area (Å²) < 4.78 is 42.9. The van der Waals surface area contributed by atoms with Crippen LogP contribution < -0.4 is 5.32 Å². The highest BCUT2D eigenvalue weighted by atomic mass is 32.2. The smallest absolute Gasteiger partial charge is 0.243 e. The van der Waals surface area contributed by atoms with Gasteiger partial charge in [-0.1, -0.05) is 17.7 Å². The first kappa shape index (κ1) is 21.1. The molecule has 1 aliphatic rings. The molecular weight excluding hydrogens is 423 g/mol. The Bertz CT molecular complexity index is 1230. The maximum atomic E-state index is 14.3. The molecule has 1 N–H and O–H groups in total. The predicted octanol–water partition coefficient (Wildman–Crippen LogP) is 2.21. The van der Waals surface area contributed by atoms with Gasteiger partial charge in [-0.15, -0.1) is 5.10 Å². The molecule has 0 bridgehead atoms. The van der Waals surface area contributed by atoms with Crippen molar-refractivity contribution in [1.29, 1.82) is 0 Å². The van der Waals surface area contributed by atoms with E-state index in [2.05, 4.69) is 20.8 Å². The highest BCUT2D eigenvalue weighted by Crippen LogP contribution is 2.28. The first-order valence-electron chi connectivity index (χ1n) is 9.71. The van der Waals surface area contributed by atoms with E-state index in [0.717, 1.165) is 5.56 Å². The van der Waals surface area contributed by atoms with Crippen LogP contribution in [0.1, 0.15) is 24.2 Å². The van der Waals surface area contributed by atoms with Crippen molar-refractivity contribution < 1.29 is 17.6 Å². The molecule has 0 spiro atoms. The molecule has 1 amide bonds. The largest absolute Gasteiger partial charge is 0.325 e. The van der Waals surface area contributed by atoms with Crippen LogP contribution in [0.15, 0.2) is 47.4 Å². The van der Waals surface area contributed by atoms with Crippen molar-refractivity contribution in [2.24, 2.45) is 0 Å². The van der Waals surface area contributed by atoms with E-state index < -0.39 is 27.8 Å². The maximum Gasteiger partial charge on any atom is 0.243 e. The summed E-state index contributed by atoms with van der Waals surface area (Å²) in [6, 6.07) is 9.68. The number of hydrogen-bond acceptors (Lipinski definition) is 6. The van der Waals surface area contributed by atoms with Gasteiger partial charge in [-0.25, -0.2) is 12.8 Å². The summed E-state index contributed by atoms with van der Waals surface area (Å²) in [5.74, 6) is -0.648. The fourth-order valence-electron chi connectivity index (χ4n) is 3.57. The Kier molecular flexibility index (Phi) is 5.54. The van der Waals surface area contributed by atoms with Gasteiger partial charge in [0, 0.05) is 12.2 Å². The molecule has 0 aliphatic carbocycles. The van der Waals surface area contributed by atoms with E-state index >= 15 is 0 Å². The molecule has 31 heavy (non-hydrogen) atoms. The number of nitrogens with one attached hydrogen (secondary N) is 1. The molecule has 1 aromatic heterocycles. The number of aromatic nitrogens is 4. The first-order valence-corrected chi connectivity index (χ1v) is 11.2. The van der Waals surface area contributed by atoms with Gasteiger partial charge in [0.1, 0.15) is 17.5 Å². The second-order valence-corrected chi connectivity index (χ2v) is 9.27. The zero-order valence-electron chi connectivity index (χ0n) is 17.0. The number of rotatable bonds is 5. The van der Waals surface area contributed by atoms with Crippen molar-refractivity contribution in [3.8, 4) is 5.69 Å².